The Labute approximate surface area is 170 Å². The molecule has 0 fully saturated rings. The number of aromatic nitrogens is 4. The summed E-state index contributed by atoms with van der Waals surface area (Å²) in [6.07, 6.45) is 3.56. The number of amides is 1. The number of fused-ring (bicyclic) bond motifs is 1. The molecular formula is C23H25N5O. The highest BCUT2D eigenvalue weighted by Gasteiger charge is 2.24. The molecule has 0 aliphatic heterocycles. The van der Waals surface area contributed by atoms with E-state index in [0.29, 0.717) is 18.7 Å². The Kier molecular flexibility index (Phi) is 4.92. The van der Waals surface area contributed by atoms with Gasteiger partial charge in [-0.05, 0) is 43.0 Å². The van der Waals surface area contributed by atoms with Crippen molar-refractivity contribution in [3.63, 3.8) is 0 Å². The van der Waals surface area contributed by atoms with E-state index in [4.69, 9.17) is 0 Å². The Morgan fingerprint density at radius 1 is 1.07 bits per heavy atom. The van der Waals surface area contributed by atoms with Crippen molar-refractivity contribution >= 4 is 16.8 Å². The first-order valence-electron chi connectivity index (χ1n) is 9.67. The lowest BCUT2D eigenvalue weighted by molar-refractivity contribution is 0.0725. The van der Waals surface area contributed by atoms with Gasteiger partial charge in [-0.15, -0.1) is 0 Å². The molecule has 0 bridgehead atoms. The lowest BCUT2D eigenvalue weighted by Gasteiger charge is -2.23. The molecule has 0 unspecified atom stereocenters. The SMILES string of the molecule is Cc1nn(C)c(C)c1C(=O)N(Cc1cccnc1)Cc1cc2ccccc2n1C. The zero-order chi connectivity index (χ0) is 20.5. The summed E-state index contributed by atoms with van der Waals surface area (Å²) >= 11 is 0. The van der Waals surface area contributed by atoms with Crippen LogP contribution in [0.2, 0.25) is 0 Å². The molecule has 3 aromatic heterocycles. The monoisotopic (exact) mass is 387 g/mol. The maximum atomic E-state index is 13.6. The van der Waals surface area contributed by atoms with Crippen LogP contribution < -0.4 is 0 Å². The summed E-state index contributed by atoms with van der Waals surface area (Å²) < 4.78 is 3.92. The third-order valence-corrected chi connectivity index (χ3v) is 5.51. The molecule has 6 heteroatoms. The summed E-state index contributed by atoms with van der Waals surface area (Å²) in [5.41, 5.74) is 5.55. The van der Waals surface area contributed by atoms with Crippen molar-refractivity contribution in [2.45, 2.75) is 26.9 Å². The number of pyridine rings is 1. The van der Waals surface area contributed by atoms with Crippen LogP contribution in [-0.2, 0) is 27.2 Å². The van der Waals surface area contributed by atoms with Gasteiger partial charge in [-0.1, -0.05) is 24.3 Å². The molecule has 6 nitrogen and oxygen atoms in total. The standard InChI is InChI=1S/C23H25N5O/c1-16-22(17(2)27(4)25-16)23(29)28(14-18-8-7-11-24-13-18)15-20-12-19-9-5-6-10-21(19)26(20)3/h5-13H,14-15H2,1-4H3. The maximum absolute atomic E-state index is 13.6. The van der Waals surface area contributed by atoms with Crippen LogP contribution in [-0.4, -0.2) is 30.1 Å². The summed E-state index contributed by atoms with van der Waals surface area (Å²) in [6, 6.07) is 14.3. The molecule has 0 atom stereocenters. The van der Waals surface area contributed by atoms with Crippen LogP contribution in [0.25, 0.3) is 10.9 Å². The van der Waals surface area contributed by atoms with E-state index in [-0.39, 0.29) is 5.91 Å². The number of nitrogens with zero attached hydrogens (tertiary/aromatic N) is 5. The molecule has 148 valence electrons. The van der Waals surface area contributed by atoms with Crippen LogP contribution in [0.3, 0.4) is 0 Å². The fourth-order valence-corrected chi connectivity index (χ4v) is 3.85. The molecule has 0 aliphatic carbocycles. The smallest absolute Gasteiger partial charge is 0.258 e. The Hall–Kier alpha value is -3.41. The Balaban J connectivity index is 1.73. The third-order valence-electron chi connectivity index (χ3n) is 5.51. The second-order valence-corrected chi connectivity index (χ2v) is 7.45. The van der Waals surface area contributed by atoms with Crippen molar-refractivity contribution in [2.75, 3.05) is 0 Å². The summed E-state index contributed by atoms with van der Waals surface area (Å²) in [5, 5.41) is 5.61. The molecule has 0 spiro atoms. The van der Waals surface area contributed by atoms with E-state index >= 15 is 0 Å². The molecule has 0 aliphatic rings. The minimum Gasteiger partial charge on any atom is -0.346 e. The highest BCUT2D eigenvalue weighted by atomic mass is 16.2. The lowest BCUT2D eigenvalue weighted by atomic mass is 10.1. The van der Waals surface area contributed by atoms with E-state index in [2.05, 4.69) is 32.8 Å². The number of para-hydroxylation sites is 1. The summed E-state index contributed by atoms with van der Waals surface area (Å²) in [6.45, 7) is 4.82. The van der Waals surface area contributed by atoms with Crippen LogP contribution in [0, 0.1) is 13.8 Å². The van der Waals surface area contributed by atoms with Crippen LogP contribution >= 0.6 is 0 Å². The quantitative estimate of drug-likeness (QED) is 0.524. The second-order valence-electron chi connectivity index (χ2n) is 7.45. The van der Waals surface area contributed by atoms with Crippen molar-refractivity contribution in [2.24, 2.45) is 14.1 Å². The fourth-order valence-electron chi connectivity index (χ4n) is 3.85. The van der Waals surface area contributed by atoms with Gasteiger partial charge in [0.2, 0.25) is 0 Å². The first-order chi connectivity index (χ1) is 14.0. The highest BCUT2D eigenvalue weighted by Crippen LogP contribution is 2.23. The van der Waals surface area contributed by atoms with E-state index in [1.807, 2.05) is 63.3 Å². The molecule has 0 saturated heterocycles. The molecule has 4 aromatic rings. The Morgan fingerprint density at radius 2 is 1.86 bits per heavy atom. The van der Waals surface area contributed by atoms with E-state index in [1.54, 1.807) is 10.9 Å². The largest absolute Gasteiger partial charge is 0.346 e. The molecule has 0 N–H and O–H groups in total. The van der Waals surface area contributed by atoms with Crippen LogP contribution in [0.1, 0.15) is 33.0 Å². The zero-order valence-electron chi connectivity index (χ0n) is 17.3. The molecule has 1 aromatic carbocycles. The van der Waals surface area contributed by atoms with Gasteiger partial charge >= 0.3 is 0 Å². The molecule has 1 amide bonds. The number of carbonyl (C=O) groups excluding carboxylic acids is 1. The highest BCUT2D eigenvalue weighted by molar-refractivity contribution is 5.96. The summed E-state index contributed by atoms with van der Waals surface area (Å²) in [4.78, 5) is 19.7. The predicted octanol–water partition coefficient (Wildman–Crippen LogP) is 3.77. The minimum atomic E-state index is -0.0118. The predicted molar refractivity (Wildman–Crippen MR) is 113 cm³/mol. The van der Waals surface area contributed by atoms with Gasteiger partial charge in [0.15, 0.2) is 0 Å². The van der Waals surface area contributed by atoms with Gasteiger partial charge in [0.05, 0.1) is 17.8 Å². The van der Waals surface area contributed by atoms with Crippen molar-refractivity contribution < 1.29 is 4.79 Å². The van der Waals surface area contributed by atoms with Gasteiger partial charge < -0.3 is 9.47 Å². The summed E-state index contributed by atoms with van der Waals surface area (Å²) in [7, 11) is 3.92. The molecule has 0 saturated carbocycles. The molecule has 3 heterocycles. The van der Waals surface area contributed by atoms with E-state index in [9.17, 15) is 4.79 Å². The van der Waals surface area contributed by atoms with E-state index < -0.39 is 0 Å². The minimum absolute atomic E-state index is 0.0118. The normalized spacial score (nSPS) is 11.2. The maximum Gasteiger partial charge on any atom is 0.258 e. The number of benzene rings is 1. The Morgan fingerprint density at radius 3 is 2.52 bits per heavy atom. The van der Waals surface area contributed by atoms with Gasteiger partial charge in [-0.3, -0.25) is 14.5 Å². The van der Waals surface area contributed by atoms with E-state index in [0.717, 1.165) is 28.2 Å². The van der Waals surface area contributed by atoms with Crippen molar-refractivity contribution in [3.05, 3.63) is 83.1 Å². The van der Waals surface area contributed by atoms with Crippen molar-refractivity contribution in [3.8, 4) is 0 Å². The van der Waals surface area contributed by atoms with Crippen molar-refractivity contribution in [1.82, 2.24) is 24.2 Å². The average molecular weight is 387 g/mol. The number of carbonyl (C=O) groups is 1. The molecule has 0 radical (unpaired) electrons. The van der Waals surface area contributed by atoms with Crippen LogP contribution in [0.4, 0.5) is 0 Å². The molecule has 29 heavy (non-hydrogen) atoms. The van der Waals surface area contributed by atoms with Gasteiger partial charge in [0.1, 0.15) is 0 Å². The molecule has 4 rings (SSSR count). The fraction of sp³-hybridized carbons (Fsp3) is 0.261. The van der Waals surface area contributed by atoms with Crippen LogP contribution in [0.5, 0.6) is 0 Å². The summed E-state index contributed by atoms with van der Waals surface area (Å²) in [5.74, 6) is -0.0118. The van der Waals surface area contributed by atoms with Crippen LogP contribution in [0.15, 0.2) is 54.9 Å². The topological polar surface area (TPSA) is 56.0 Å². The van der Waals surface area contributed by atoms with Gasteiger partial charge in [-0.2, -0.15) is 5.10 Å². The Bertz CT molecular complexity index is 1170. The second kappa shape index (κ2) is 7.54. The lowest BCUT2D eigenvalue weighted by Crippen LogP contribution is -2.31. The third kappa shape index (κ3) is 3.53. The van der Waals surface area contributed by atoms with Gasteiger partial charge in [-0.25, -0.2) is 0 Å². The number of rotatable bonds is 5. The number of hydrogen-bond donors (Lipinski definition) is 0. The van der Waals surface area contributed by atoms with E-state index in [1.165, 1.54) is 5.39 Å². The number of aryl methyl sites for hydroxylation is 3. The van der Waals surface area contributed by atoms with Crippen molar-refractivity contribution in [1.29, 1.82) is 0 Å². The van der Waals surface area contributed by atoms with Gasteiger partial charge in [0.25, 0.3) is 5.91 Å². The first-order valence-corrected chi connectivity index (χ1v) is 9.67. The number of hydrogen-bond acceptors (Lipinski definition) is 3. The first kappa shape index (κ1) is 18.9. The average Bonchev–Trinajstić information content (AvgIpc) is 3.17. The van der Waals surface area contributed by atoms with Gasteiger partial charge in [0, 0.05) is 49.9 Å². The molecular weight excluding hydrogens is 362 g/mol. The zero-order valence-corrected chi connectivity index (χ0v) is 17.3.